The highest BCUT2D eigenvalue weighted by Crippen LogP contribution is 2.24. The van der Waals surface area contributed by atoms with Crippen LogP contribution in [0, 0.1) is 0 Å². The van der Waals surface area contributed by atoms with Crippen LogP contribution in [0.3, 0.4) is 0 Å². The summed E-state index contributed by atoms with van der Waals surface area (Å²) in [6.07, 6.45) is 5.62. The highest BCUT2D eigenvalue weighted by Gasteiger charge is 2.34. The van der Waals surface area contributed by atoms with E-state index in [1.54, 1.807) is 0 Å². The Balaban J connectivity index is 1.44. The molecule has 0 radical (unpaired) electrons. The van der Waals surface area contributed by atoms with Gasteiger partial charge in [0.05, 0.1) is 6.10 Å². The van der Waals surface area contributed by atoms with Crippen LogP contribution in [-0.2, 0) is 20.9 Å². The van der Waals surface area contributed by atoms with Crippen LogP contribution in [0.5, 0.6) is 5.75 Å². The molecule has 2 fully saturated rings. The predicted octanol–water partition coefficient (Wildman–Crippen LogP) is 2.65. The highest BCUT2D eigenvalue weighted by atomic mass is 16.5. The zero-order valence-corrected chi connectivity index (χ0v) is 14.3. The molecule has 1 aromatic carbocycles. The lowest BCUT2D eigenvalue weighted by atomic mass is 9.98. The molecule has 1 saturated heterocycles. The monoisotopic (exact) mass is 347 g/mol. The molecule has 0 aromatic heterocycles. The van der Waals surface area contributed by atoms with Crippen LogP contribution in [0.2, 0.25) is 0 Å². The summed E-state index contributed by atoms with van der Waals surface area (Å²) in [4.78, 5) is 22.9. The number of carbonyl (C=O) groups is 2. The number of ether oxygens (including phenoxy) is 2. The Labute approximate surface area is 147 Å². The van der Waals surface area contributed by atoms with Gasteiger partial charge in [-0.25, -0.2) is 4.79 Å². The molecule has 6 nitrogen and oxygen atoms in total. The molecule has 1 aliphatic carbocycles. The molecule has 136 valence electrons. The number of nitrogens with one attached hydrogen (secondary N) is 1. The van der Waals surface area contributed by atoms with Crippen molar-refractivity contribution in [3.8, 4) is 5.75 Å². The van der Waals surface area contributed by atoms with Crippen molar-refractivity contribution in [1.29, 1.82) is 0 Å². The number of carboxylic acid groups (broad SMARTS) is 1. The van der Waals surface area contributed by atoms with E-state index in [4.69, 9.17) is 14.6 Å². The number of carboxylic acids is 1. The van der Waals surface area contributed by atoms with Crippen LogP contribution in [0.1, 0.15) is 50.5 Å². The van der Waals surface area contributed by atoms with Crippen LogP contribution >= 0.6 is 0 Å². The Kier molecular flexibility index (Phi) is 5.91. The van der Waals surface area contributed by atoms with Crippen molar-refractivity contribution < 1.29 is 24.2 Å². The summed E-state index contributed by atoms with van der Waals surface area (Å²) >= 11 is 0. The minimum atomic E-state index is -1.01. The summed E-state index contributed by atoms with van der Waals surface area (Å²) in [5.41, 5.74) is 0.970. The van der Waals surface area contributed by atoms with Crippen LogP contribution in [0.4, 0.5) is 0 Å². The maximum Gasteiger partial charge on any atom is 0.332 e. The average molecular weight is 347 g/mol. The van der Waals surface area contributed by atoms with Gasteiger partial charge in [0.1, 0.15) is 11.9 Å². The standard InChI is InChI=1S/C19H25NO5/c21-18(16-10-11-17(25-16)19(22)23)20-12-13-6-8-15(9-7-13)24-14-4-2-1-3-5-14/h6-9,14,16-17H,1-5,10-12H2,(H,20,21)(H,22,23)/t16-,17+/m0/s1. The van der Waals surface area contributed by atoms with E-state index in [0.29, 0.717) is 25.5 Å². The van der Waals surface area contributed by atoms with Gasteiger partial charge in [0.25, 0.3) is 0 Å². The second kappa shape index (κ2) is 8.34. The summed E-state index contributed by atoms with van der Waals surface area (Å²) in [7, 11) is 0. The quantitative estimate of drug-likeness (QED) is 0.826. The topological polar surface area (TPSA) is 84.9 Å². The van der Waals surface area contributed by atoms with E-state index in [2.05, 4.69) is 5.32 Å². The van der Waals surface area contributed by atoms with E-state index < -0.39 is 18.2 Å². The number of hydrogen-bond donors (Lipinski definition) is 2. The number of amides is 1. The number of rotatable bonds is 6. The molecule has 2 atom stereocenters. The van der Waals surface area contributed by atoms with E-state index in [-0.39, 0.29) is 5.91 Å². The molecule has 0 unspecified atom stereocenters. The van der Waals surface area contributed by atoms with Gasteiger partial charge < -0.3 is 19.9 Å². The van der Waals surface area contributed by atoms with Crippen LogP contribution in [0.15, 0.2) is 24.3 Å². The molecule has 1 aromatic rings. The molecule has 2 N–H and O–H groups in total. The zero-order chi connectivity index (χ0) is 17.6. The molecule has 1 saturated carbocycles. The molecule has 1 heterocycles. The molecule has 1 amide bonds. The van der Waals surface area contributed by atoms with Crippen molar-refractivity contribution >= 4 is 11.9 Å². The molecule has 1 aliphatic heterocycles. The maximum atomic E-state index is 12.1. The number of carbonyl (C=O) groups excluding carboxylic acids is 1. The van der Waals surface area contributed by atoms with Crippen LogP contribution in [-0.4, -0.2) is 35.3 Å². The first-order valence-corrected chi connectivity index (χ1v) is 9.03. The largest absolute Gasteiger partial charge is 0.490 e. The van der Waals surface area contributed by atoms with Gasteiger partial charge in [0.2, 0.25) is 5.91 Å². The van der Waals surface area contributed by atoms with E-state index in [9.17, 15) is 9.59 Å². The fourth-order valence-electron chi connectivity index (χ4n) is 3.38. The van der Waals surface area contributed by atoms with E-state index >= 15 is 0 Å². The summed E-state index contributed by atoms with van der Waals surface area (Å²) in [6.45, 7) is 0.389. The fraction of sp³-hybridized carbons (Fsp3) is 0.579. The second-order valence-corrected chi connectivity index (χ2v) is 6.77. The third-order valence-electron chi connectivity index (χ3n) is 4.83. The first kappa shape index (κ1) is 17.7. The van der Waals surface area contributed by atoms with Crippen molar-refractivity contribution in [2.24, 2.45) is 0 Å². The zero-order valence-electron chi connectivity index (χ0n) is 14.3. The minimum absolute atomic E-state index is 0.258. The second-order valence-electron chi connectivity index (χ2n) is 6.77. The van der Waals surface area contributed by atoms with Crippen molar-refractivity contribution in [2.75, 3.05) is 0 Å². The maximum absolute atomic E-state index is 12.1. The molecular formula is C19H25NO5. The van der Waals surface area contributed by atoms with Gasteiger partial charge in [-0.1, -0.05) is 18.6 Å². The number of benzene rings is 1. The highest BCUT2D eigenvalue weighted by molar-refractivity contribution is 5.82. The summed E-state index contributed by atoms with van der Waals surface area (Å²) in [5.74, 6) is -0.402. The molecule has 3 rings (SSSR count). The predicted molar refractivity (Wildman–Crippen MR) is 91.3 cm³/mol. The lowest BCUT2D eigenvalue weighted by Gasteiger charge is -2.23. The van der Waals surface area contributed by atoms with Gasteiger partial charge in [0.15, 0.2) is 6.10 Å². The van der Waals surface area contributed by atoms with Crippen molar-refractivity contribution in [1.82, 2.24) is 5.32 Å². The minimum Gasteiger partial charge on any atom is -0.490 e. The normalized spacial score (nSPS) is 24.0. The fourth-order valence-corrected chi connectivity index (χ4v) is 3.38. The molecule has 25 heavy (non-hydrogen) atoms. The molecule has 0 bridgehead atoms. The van der Waals surface area contributed by atoms with Gasteiger partial charge >= 0.3 is 5.97 Å². The van der Waals surface area contributed by atoms with Crippen molar-refractivity contribution in [2.45, 2.75) is 69.8 Å². The summed E-state index contributed by atoms with van der Waals surface area (Å²) in [5, 5.41) is 11.7. The Hall–Kier alpha value is -2.08. The van der Waals surface area contributed by atoms with Gasteiger partial charge in [0, 0.05) is 6.54 Å². The van der Waals surface area contributed by atoms with E-state index in [0.717, 1.165) is 24.2 Å². The summed E-state index contributed by atoms with van der Waals surface area (Å²) < 4.78 is 11.2. The first-order valence-electron chi connectivity index (χ1n) is 9.03. The van der Waals surface area contributed by atoms with Crippen LogP contribution in [0.25, 0.3) is 0 Å². The number of aliphatic carboxylic acids is 1. The Morgan fingerprint density at radius 3 is 2.36 bits per heavy atom. The van der Waals surface area contributed by atoms with Gasteiger partial charge in [-0.15, -0.1) is 0 Å². The van der Waals surface area contributed by atoms with Crippen LogP contribution < -0.4 is 10.1 Å². The smallest absolute Gasteiger partial charge is 0.332 e. The average Bonchev–Trinajstić information content (AvgIpc) is 3.12. The van der Waals surface area contributed by atoms with E-state index in [1.807, 2.05) is 24.3 Å². The third-order valence-corrected chi connectivity index (χ3v) is 4.83. The Morgan fingerprint density at radius 1 is 1.04 bits per heavy atom. The van der Waals surface area contributed by atoms with Crippen molar-refractivity contribution in [3.05, 3.63) is 29.8 Å². The van der Waals surface area contributed by atoms with Gasteiger partial charge in [-0.3, -0.25) is 4.79 Å². The Morgan fingerprint density at radius 2 is 1.72 bits per heavy atom. The third kappa shape index (κ3) is 4.95. The Bertz CT molecular complexity index is 594. The number of hydrogen-bond acceptors (Lipinski definition) is 4. The van der Waals surface area contributed by atoms with Gasteiger partial charge in [-0.05, 0) is 56.2 Å². The van der Waals surface area contributed by atoms with Crippen molar-refractivity contribution in [3.63, 3.8) is 0 Å². The SMILES string of the molecule is O=C(NCc1ccc(OC2CCCCC2)cc1)[C@@H]1CC[C@H](C(=O)O)O1. The lowest BCUT2D eigenvalue weighted by molar-refractivity contribution is -0.151. The van der Waals surface area contributed by atoms with Gasteiger partial charge in [-0.2, -0.15) is 0 Å². The summed E-state index contributed by atoms with van der Waals surface area (Å²) in [6, 6.07) is 7.74. The molecular weight excluding hydrogens is 322 g/mol. The molecule has 2 aliphatic rings. The van der Waals surface area contributed by atoms with E-state index in [1.165, 1.54) is 19.3 Å². The molecule has 6 heteroatoms. The first-order chi connectivity index (χ1) is 12.1. The lowest BCUT2D eigenvalue weighted by Crippen LogP contribution is -2.35. The molecule has 0 spiro atoms.